The molecule has 0 fully saturated rings. The minimum atomic E-state index is -0.187. The van der Waals surface area contributed by atoms with Crippen molar-refractivity contribution >= 4 is 16.6 Å². The van der Waals surface area contributed by atoms with E-state index in [1.54, 1.807) is 28.8 Å². The molecular weight excluding hydrogens is 374 g/mol. The van der Waals surface area contributed by atoms with E-state index in [1.165, 1.54) is 14.2 Å². The highest BCUT2D eigenvalue weighted by molar-refractivity contribution is 6.27. The van der Waals surface area contributed by atoms with E-state index < -0.39 is 0 Å². The molecular formula is C22H19NO6. The number of hydrogen-bond acceptors (Lipinski definition) is 6. The van der Waals surface area contributed by atoms with Crippen LogP contribution in [0.5, 0.6) is 23.0 Å². The van der Waals surface area contributed by atoms with Gasteiger partial charge in [0.1, 0.15) is 0 Å². The molecule has 7 heteroatoms. The summed E-state index contributed by atoms with van der Waals surface area (Å²) in [5.74, 6) is 1.85. The summed E-state index contributed by atoms with van der Waals surface area (Å²) in [4.78, 5) is 26.9. The Hall–Kier alpha value is -3.48. The average molecular weight is 393 g/mol. The van der Waals surface area contributed by atoms with E-state index in [2.05, 4.69) is 0 Å². The maximum absolute atomic E-state index is 13.5. The van der Waals surface area contributed by atoms with E-state index in [1.807, 2.05) is 13.8 Å². The van der Waals surface area contributed by atoms with Crippen LogP contribution in [0.15, 0.2) is 29.1 Å². The highest BCUT2D eigenvalue weighted by atomic mass is 16.7. The molecule has 5 rings (SSSR count). The van der Waals surface area contributed by atoms with Crippen LogP contribution in [0.1, 0.15) is 35.8 Å². The molecule has 0 radical (unpaired) electrons. The maximum atomic E-state index is 13.5. The van der Waals surface area contributed by atoms with E-state index >= 15 is 0 Å². The van der Waals surface area contributed by atoms with Crippen LogP contribution in [-0.4, -0.2) is 31.4 Å². The Balaban J connectivity index is 1.95. The molecule has 1 aliphatic carbocycles. The smallest absolute Gasteiger partial charge is 0.259 e. The first-order valence-electron chi connectivity index (χ1n) is 9.29. The van der Waals surface area contributed by atoms with Crippen molar-refractivity contribution in [3.05, 3.63) is 45.7 Å². The fraction of sp³-hybridized carbons (Fsp3) is 0.273. The number of carbonyl (C=O) groups excluding carboxylic acids is 1. The van der Waals surface area contributed by atoms with E-state index in [4.69, 9.17) is 18.9 Å². The summed E-state index contributed by atoms with van der Waals surface area (Å²) >= 11 is 0. The third kappa shape index (κ3) is 2.24. The summed E-state index contributed by atoms with van der Waals surface area (Å²) in [6.07, 6.45) is 0. The van der Waals surface area contributed by atoms with Crippen LogP contribution in [0.3, 0.4) is 0 Å². The standard InChI is InChI=1S/C22H19NO6/c1-10(2)23-20-12-6-17-18(29-9-28-17)7-13(12)21(24)19(20)11-5-15(26-3)16(27-4)8-14(11)22(23)25/h5-8,10H,9H2,1-4H3. The summed E-state index contributed by atoms with van der Waals surface area (Å²) in [6, 6.07) is 6.66. The molecule has 2 aliphatic rings. The maximum Gasteiger partial charge on any atom is 0.259 e. The number of aromatic nitrogens is 1. The summed E-state index contributed by atoms with van der Waals surface area (Å²) in [6.45, 7) is 3.96. The second-order valence-corrected chi connectivity index (χ2v) is 7.33. The largest absolute Gasteiger partial charge is 0.493 e. The van der Waals surface area contributed by atoms with Crippen molar-refractivity contribution in [2.75, 3.05) is 21.0 Å². The number of ether oxygens (including phenoxy) is 4. The quantitative estimate of drug-likeness (QED) is 0.530. The Morgan fingerprint density at radius 1 is 0.897 bits per heavy atom. The van der Waals surface area contributed by atoms with Crippen molar-refractivity contribution in [3.8, 4) is 34.3 Å². The number of fused-ring (bicyclic) bond motifs is 6. The zero-order chi connectivity index (χ0) is 20.4. The van der Waals surface area contributed by atoms with Crippen molar-refractivity contribution in [1.29, 1.82) is 0 Å². The Morgan fingerprint density at radius 3 is 2.07 bits per heavy atom. The molecule has 7 nitrogen and oxygen atoms in total. The number of carbonyl (C=O) groups is 1. The number of ketones is 1. The Morgan fingerprint density at radius 2 is 1.48 bits per heavy atom. The van der Waals surface area contributed by atoms with Gasteiger partial charge in [-0.3, -0.25) is 9.59 Å². The van der Waals surface area contributed by atoms with Gasteiger partial charge in [0.05, 0.1) is 30.9 Å². The zero-order valence-corrected chi connectivity index (χ0v) is 16.5. The third-order valence-electron chi connectivity index (χ3n) is 5.48. The van der Waals surface area contributed by atoms with Crippen LogP contribution in [0.2, 0.25) is 0 Å². The number of rotatable bonds is 3. The van der Waals surface area contributed by atoms with Crippen LogP contribution in [-0.2, 0) is 0 Å². The number of nitrogens with zero attached hydrogens (tertiary/aromatic N) is 1. The SMILES string of the molecule is COc1cc2c3c(n(C(C)C)c(=O)c2cc1OC)-c1cc2c(cc1C3=O)OCO2. The fourth-order valence-corrected chi connectivity index (χ4v) is 4.19. The summed E-state index contributed by atoms with van der Waals surface area (Å²) < 4.78 is 23.4. The average Bonchev–Trinajstić information content (AvgIpc) is 3.28. The number of pyridine rings is 1. The molecule has 2 aromatic carbocycles. The van der Waals surface area contributed by atoms with E-state index in [9.17, 15) is 9.59 Å². The first-order valence-corrected chi connectivity index (χ1v) is 9.29. The second kappa shape index (κ2) is 6.01. The Kier molecular flexibility index (Phi) is 3.65. The molecule has 29 heavy (non-hydrogen) atoms. The van der Waals surface area contributed by atoms with Gasteiger partial charge in [-0.15, -0.1) is 0 Å². The van der Waals surface area contributed by atoms with Gasteiger partial charge in [0.2, 0.25) is 6.79 Å². The van der Waals surface area contributed by atoms with E-state index in [0.717, 1.165) is 0 Å². The minimum Gasteiger partial charge on any atom is -0.493 e. The molecule has 0 N–H and O–H groups in total. The van der Waals surface area contributed by atoms with Gasteiger partial charge < -0.3 is 23.5 Å². The molecule has 1 aromatic heterocycles. The first kappa shape index (κ1) is 17.6. The van der Waals surface area contributed by atoms with Gasteiger partial charge in [0.15, 0.2) is 28.8 Å². The summed E-state index contributed by atoms with van der Waals surface area (Å²) in [5.41, 5.74) is 2.07. The van der Waals surface area contributed by atoms with Gasteiger partial charge in [-0.2, -0.15) is 0 Å². The van der Waals surface area contributed by atoms with Crippen molar-refractivity contribution < 1.29 is 23.7 Å². The predicted octanol–water partition coefficient (Wildman–Crippen LogP) is 3.54. The van der Waals surface area contributed by atoms with Crippen LogP contribution >= 0.6 is 0 Å². The zero-order valence-electron chi connectivity index (χ0n) is 16.5. The number of hydrogen-bond donors (Lipinski definition) is 0. The van der Waals surface area contributed by atoms with Gasteiger partial charge in [-0.25, -0.2) is 0 Å². The molecule has 2 heterocycles. The molecule has 0 atom stereocenters. The fourth-order valence-electron chi connectivity index (χ4n) is 4.19. The molecule has 1 aliphatic heterocycles. The van der Waals surface area contributed by atoms with Crippen molar-refractivity contribution in [2.24, 2.45) is 0 Å². The lowest BCUT2D eigenvalue weighted by molar-refractivity contribution is 0.104. The highest BCUT2D eigenvalue weighted by Crippen LogP contribution is 2.47. The Labute approximate surface area is 166 Å². The predicted molar refractivity (Wildman–Crippen MR) is 107 cm³/mol. The van der Waals surface area contributed by atoms with E-state index in [0.29, 0.717) is 56.2 Å². The highest BCUT2D eigenvalue weighted by Gasteiger charge is 2.36. The van der Waals surface area contributed by atoms with Gasteiger partial charge in [-0.1, -0.05) is 0 Å². The van der Waals surface area contributed by atoms with E-state index in [-0.39, 0.29) is 24.2 Å². The normalized spacial score (nSPS) is 13.8. The van der Waals surface area contributed by atoms with Gasteiger partial charge in [-0.05, 0) is 38.1 Å². The molecule has 3 aromatic rings. The van der Waals surface area contributed by atoms with Crippen LogP contribution in [0.25, 0.3) is 22.0 Å². The second-order valence-electron chi connectivity index (χ2n) is 7.33. The lowest BCUT2D eigenvalue weighted by atomic mass is 10.0. The minimum absolute atomic E-state index is 0.116. The Bertz CT molecular complexity index is 1270. The first-order chi connectivity index (χ1) is 14.0. The molecule has 0 saturated heterocycles. The van der Waals surface area contributed by atoms with Gasteiger partial charge in [0, 0.05) is 22.6 Å². The monoisotopic (exact) mass is 393 g/mol. The van der Waals surface area contributed by atoms with Gasteiger partial charge in [0.25, 0.3) is 5.56 Å². The number of methoxy groups -OCH3 is 2. The molecule has 0 spiro atoms. The molecule has 148 valence electrons. The lowest BCUT2D eigenvalue weighted by Crippen LogP contribution is -2.25. The lowest BCUT2D eigenvalue weighted by Gasteiger charge is -2.19. The molecule has 0 amide bonds. The van der Waals surface area contributed by atoms with Crippen molar-refractivity contribution in [2.45, 2.75) is 19.9 Å². The molecule has 0 unspecified atom stereocenters. The topological polar surface area (TPSA) is 76.0 Å². The summed E-state index contributed by atoms with van der Waals surface area (Å²) in [5, 5.41) is 0.957. The van der Waals surface area contributed by atoms with Crippen molar-refractivity contribution in [3.63, 3.8) is 0 Å². The molecule has 0 saturated carbocycles. The van der Waals surface area contributed by atoms with Crippen molar-refractivity contribution in [1.82, 2.24) is 4.57 Å². The number of benzene rings is 2. The van der Waals surface area contributed by atoms with Crippen LogP contribution in [0, 0.1) is 0 Å². The van der Waals surface area contributed by atoms with Crippen LogP contribution < -0.4 is 24.5 Å². The summed E-state index contributed by atoms with van der Waals surface area (Å²) in [7, 11) is 3.04. The third-order valence-corrected chi connectivity index (χ3v) is 5.48. The molecule has 0 bridgehead atoms. The van der Waals surface area contributed by atoms with Crippen LogP contribution in [0.4, 0.5) is 0 Å². The van der Waals surface area contributed by atoms with Gasteiger partial charge >= 0.3 is 0 Å².